The highest BCUT2D eigenvalue weighted by molar-refractivity contribution is 9.10. The minimum Gasteiger partial charge on any atom is -0.329 e. The van der Waals surface area contributed by atoms with E-state index in [0.717, 1.165) is 23.3 Å². The Labute approximate surface area is 87.1 Å². The lowest BCUT2D eigenvalue weighted by atomic mass is 10.3. The first-order valence-corrected chi connectivity index (χ1v) is 5.00. The highest BCUT2D eigenvalue weighted by Crippen LogP contribution is 2.08. The molecule has 1 aromatic heterocycles. The maximum absolute atomic E-state index is 5.44. The Morgan fingerprint density at radius 2 is 2.31 bits per heavy atom. The van der Waals surface area contributed by atoms with Crippen molar-refractivity contribution in [3.63, 3.8) is 0 Å². The summed E-state index contributed by atoms with van der Waals surface area (Å²) in [6.45, 7) is 2.44. The van der Waals surface area contributed by atoms with Crippen molar-refractivity contribution in [1.29, 1.82) is 0 Å². The number of pyridine rings is 1. The summed E-state index contributed by atoms with van der Waals surface area (Å²) in [5, 5.41) is 0. The molecule has 0 saturated heterocycles. The van der Waals surface area contributed by atoms with Crippen molar-refractivity contribution < 1.29 is 0 Å². The molecular weight excluding hydrogens is 230 g/mol. The van der Waals surface area contributed by atoms with Gasteiger partial charge in [0.15, 0.2) is 0 Å². The van der Waals surface area contributed by atoms with Crippen LogP contribution in [0.3, 0.4) is 0 Å². The number of nitrogens with two attached hydrogens (primary N) is 1. The van der Waals surface area contributed by atoms with E-state index < -0.39 is 0 Å². The second-order valence-electron chi connectivity index (χ2n) is 2.99. The molecule has 1 heterocycles. The van der Waals surface area contributed by atoms with Crippen molar-refractivity contribution in [2.75, 3.05) is 20.1 Å². The van der Waals surface area contributed by atoms with E-state index in [1.165, 1.54) is 0 Å². The maximum atomic E-state index is 5.44. The fourth-order valence-corrected chi connectivity index (χ4v) is 1.31. The molecule has 0 atom stereocenters. The van der Waals surface area contributed by atoms with Gasteiger partial charge in [0, 0.05) is 30.3 Å². The summed E-state index contributed by atoms with van der Waals surface area (Å²) in [5.41, 5.74) is 6.51. The first-order valence-electron chi connectivity index (χ1n) is 4.21. The van der Waals surface area contributed by atoms with Crippen LogP contribution < -0.4 is 5.73 Å². The molecule has 0 amide bonds. The van der Waals surface area contributed by atoms with Gasteiger partial charge in [0.05, 0.1) is 5.69 Å². The Morgan fingerprint density at radius 1 is 1.54 bits per heavy atom. The number of aromatic nitrogens is 1. The van der Waals surface area contributed by atoms with E-state index in [1.54, 1.807) is 0 Å². The minimum absolute atomic E-state index is 0.688. The molecule has 0 radical (unpaired) electrons. The molecule has 4 heteroatoms. The summed E-state index contributed by atoms with van der Waals surface area (Å²) < 4.78 is 1.01. The van der Waals surface area contributed by atoms with Gasteiger partial charge < -0.3 is 5.73 Å². The fourth-order valence-electron chi connectivity index (χ4n) is 1.08. The summed E-state index contributed by atoms with van der Waals surface area (Å²) in [5.74, 6) is 0. The van der Waals surface area contributed by atoms with Crippen LogP contribution in [-0.4, -0.2) is 30.0 Å². The summed E-state index contributed by atoms with van der Waals surface area (Å²) in [7, 11) is 2.04. The molecular formula is C9H14BrN3. The Bertz CT molecular complexity index is 248. The molecule has 0 aliphatic heterocycles. The van der Waals surface area contributed by atoms with Crippen LogP contribution in [0.5, 0.6) is 0 Å². The zero-order valence-corrected chi connectivity index (χ0v) is 9.29. The van der Waals surface area contributed by atoms with Crippen molar-refractivity contribution in [1.82, 2.24) is 9.88 Å². The molecule has 0 saturated carbocycles. The number of halogens is 1. The Hall–Kier alpha value is -0.450. The number of hydrogen-bond acceptors (Lipinski definition) is 3. The predicted molar refractivity (Wildman–Crippen MR) is 57.3 cm³/mol. The average Bonchev–Trinajstić information content (AvgIpc) is 2.09. The molecule has 0 unspecified atom stereocenters. The number of hydrogen-bond donors (Lipinski definition) is 1. The lowest BCUT2D eigenvalue weighted by Crippen LogP contribution is -2.25. The summed E-state index contributed by atoms with van der Waals surface area (Å²) in [6.07, 6.45) is 1.81. The lowest BCUT2D eigenvalue weighted by Gasteiger charge is -2.14. The van der Waals surface area contributed by atoms with Gasteiger partial charge in [-0.15, -0.1) is 0 Å². The lowest BCUT2D eigenvalue weighted by molar-refractivity contribution is 0.332. The second-order valence-corrected chi connectivity index (χ2v) is 3.91. The predicted octanol–water partition coefficient (Wildman–Crippen LogP) is 1.23. The topological polar surface area (TPSA) is 42.1 Å². The zero-order chi connectivity index (χ0) is 9.68. The second kappa shape index (κ2) is 5.32. The van der Waals surface area contributed by atoms with Gasteiger partial charge in [-0.3, -0.25) is 9.88 Å². The van der Waals surface area contributed by atoms with Gasteiger partial charge in [-0.05, 0) is 35.1 Å². The smallest absolute Gasteiger partial charge is 0.0544 e. The van der Waals surface area contributed by atoms with Crippen molar-refractivity contribution >= 4 is 15.9 Å². The Morgan fingerprint density at radius 3 is 2.85 bits per heavy atom. The van der Waals surface area contributed by atoms with Crippen LogP contribution in [0.2, 0.25) is 0 Å². The van der Waals surface area contributed by atoms with Crippen molar-refractivity contribution in [2.45, 2.75) is 6.54 Å². The molecule has 0 aliphatic rings. The van der Waals surface area contributed by atoms with Crippen LogP contribution in [0.15, 0.2) is 22.8 Å². The van der Waals surface area contributed by atoms with E-state index in [1.807, 2.05) is 25.4 Å². The fraction of sp³-hybridized carbons (Fsp3) is 0.444. The highest BCUT2D eigenvalue weighted by Gasteiger charge is 1.99. The molecule has 72 valence electrons. The molecule has 0 bridgehead atoms. The normalized spacial score (nSPS) is 10.8. The molecule has 13 heavy (non-hydrogen) atoms. The van der Waals surface area contributed by atoms with E-state index in [0.29, 0.717) is 6.54 Å². The van der Waals surface area contributed by atoms with Crippen LogP contribution in [0.4, 0.5) is 0 Å². The van der Waals surface area contributed by atoms with Crippen LogP contribution in [-0.2, 0) is 6.54 Å². The van der Waals surface area contributed by atoms with Gasteiger partial charge in [0.2, 0.25) is 0 Å². The van der Waals surface area contributed by atoms with E-state index in [2.05, 4.69) is 25.8 Å². The van der Waals surface area contributed by atoms with Crippen molar-refractivity contribution in [3.8, 4) is 0 Å². The quantitative estimate of drug-likeness (QED) is 0.866. The van der Waals surface area contributed by atoms with Crippen LogP contribution in [0.1, 0.15) is 5.69 Å². The van der Waals surface area contributed by atoms with E-state index in [-0.39, 0.29) is 0 Å². The van der Waals surface area contributed by atoms with E-state index in [4.69, 9.17) is 5.73 Å². The minimum atomic E-state index is 0.688. The molecule has 1 rings (SSSR count). The van der Waals surface area contributed by atoms with Gasteiger partial charge in [-0.1, -0.05) is 0 Å². The monoisotopic (exact) mass is 243 g/mol. The summed E-state index contributed by atoms with van der Waals surface area (Å²) in [4.78, 5) is 6.42. The molecule has 1 aromatic rings. The van der Waals surface area contributed by atoms with Gasteiger partial charge >= 0.3 is 0 Å². The van der Waals surface area contributed by atoms with Crippen molar-refractivity contribution in [2.24, 2.45) is 5.73 Å². The number of nitrogens with zero attached hydrogens (tertiary/aromatic N) is 2. The van der Waals surface area contributed by atoms with Gasteiger partial charge in [0.25, 0.3) is 0 Å². The van der Waals surface area contributed by atoms with Gasteiger partial charge in [0.1, 0.15) is 0 Å². The highest BCUT2D eigenvalue weighted by atomic mass is 79.9. The number of likely N-dealkylation sites (N-methyl/N-ethyl adjacent to an activating group) is 1. The first-order chi connectivity index (χ1) is 6.22. The average molecular weight is 244 g/mol. The summed E-state index contributed by atoms with van der Waals surface area (Å²) in [6, 6.07) is 4.01. The molecule has 0 aromatic carbocycles. The van der Waals surface area contributed by atoms with Crippen LogP contribution >= 0.6 is 15.9 Å². The third kappa shape index (κ3) is 3.85. The van der Waals surface area contributed by atoms with Crippen molar-refractivity contribution in [3.05, 3.63) is 28.5 Å². The van der Waals surface area contributed by atoms with E-state index in [9.17, 15) is 0 Å². The molecule has 3 nitrogen and oxygen atoms in total. The Kier molecular flexibility index (Phi) is 4.35. The zero-order valence-electron chi connectivity index (χ0n) is 7.70. The third-order valence-electron chi connectivity index (χ3n) is 1.73. The summed E-state index contributed by atoms with van der Waals surface area (Å²) >= 11 is 3.35. The largest absolute Gasteiger partial charge is 0.329 e. The molecule has 0 spiro atoms. The Balaban J connectivity index is 2.49. The van der Waals surface area contributed by atoms with E-state index >= 15 is 0 Å². The third-order valence-corrected chi connectivity index (χ3v) is 2.20. The molecule has 0 aliphatic carbocycles. The van der Waals surface area contributed by atoms with Crippen LogP contribution in [0.25, 0.3) is 0 Å². The molecule has 0 fully saturated rings. The van der Waals surface area contributed by atoms with Gasteiger partial charge in [-0.2, -0.15) is 0 Å². The first kappa shape index (κ1) is 10.6. The van der Waals surface area contributed by atoms with Crippen LogP contribution in [0, 0.1) is 0 Å². The molecule has 2 N–H and O–H groups in total. The number of rotatable bonds is 4. The standard InChI is InChI=1S/C9H14BrN3/c1-13(5-4-11)7-9-3-2-8(10)6-12-9/h2-3,6H,4-5,7,11H2,1H3. The maximum Gasteiger partial charge on any atom is 0.0544 e. The van der Waals surface area contributed by atoms with Gasteiger partial charge in [-0.25, -0.2) is 0 Å². The SMILES string of the molecule is CN(CCN)Cc1ccc(Br)cn1.